The lowest BCUT2D eigenvalue weighted by Gasteiger charge is -2.00. The molecule has 0 atom stereocenters. The zero-order valence-corrected chi connectivity index (χ0v) is 10.4. The van der Waals surface area contributed by atoms with Crippen molar-refractivity contribution in [1.29, 1.82) is 0 Å². The van der Waals surface area contributed by atoms with E-state index in [1.807, 2.05) is 36.4 Å². The van der Waals surface area contributed by atoms with Crippen molar-refractivity contribution < 1.29 is 4.52 Å². The van der Waals surface area contributed by atoms with Gasteiger partial charge < -0.3 is 4.52 Å². The molecule has 2 nitrogen and oxygen atoms in total. The van der Waals surface area contributed by atoms with Crippen LogP contribution in [0, 0.1) is 0 Å². The van der Waals surface area contributed by atoms with Crippen LogP contribution in [0.15, 0.2) is 51.9 Å². The molecule has 0 aliphatic heterocycles. The van der Waals surface area contributed by atoms with E-state index in [1.165, 1.54) is 0 Å². The lowest BCUT2D eigenvalue weighted by molar-refractivity contribution is 0.440. The molecule has 17 heavy (non-hydrogen) atoms. The van der Waals surface area contributed by atoms with Gasteiger partial charge in [0.05, 0.1) is 5.39 Å². The lowest BCUT2D eigenvalue weighted by Crippen LogP contribution is -1.77. The van der Waals surface area contributed by atoms with Crippen LogP contribution in [0.3, 0.4) is 0 Å². The summed E-state index contributed by atoms with van der Waals surface area (Å²) in [4.78, 5) is 0.852. The standard InChI is InChI=1S/C13H8ClNOS/c14-8-5-6-11-10(7-8)13(16-15-11)9-3-1-2-4-12(9)17/h1-7,17H. The monoisotopic (exact) mass is 261 g/mol. The predicted molar refractivity (Wildman–Crippen MR) is 71.7 cm³/mol. The zero-order valence-electron chi connectivity index (χ0n) is 8.72. The molecule has 0 amide bonds. The van der Waals surface area contributed by atoms with Crippen LogP contribution in [0.25, 0.3) is 22.2 Å². The van der Waals surface area contributed by atoms with Crippen LogP contribution in [0.5, 0.6) is 0 Å². The van der Waals surface area contributed by atoms with Gasteiger partial charge in [0.25, 0.3) is 0 Å². The van der Waals surface area contributed by atoms with Gasteiger partial charge in [0.1, 0.15) is 5.52 Å². The van der Waals surface area contributed by atoms with Crippen molar-refractivity contribution >= 4 is 35.1 Å². The maximum atomic E-state index is 5.99. The highest BCUT2D eigenvalue weighted by Gasteiger charge is 2.12. The fraction of sp³-hybridized carbons (Fsp3) is 0. The van der Waals surface area contributed by atoms with Gasteiger partial charge in [0, 0.05) is 15.5 Å². The Bertz CT molecular complexity index is 693. The molecule has 4 heteroatoms. The highest BCUT2D eigenvalue weighted by Crippen LogP contribution is 2.33. The SMILES string of the molecule is Sc1ccccc1-c1onc2ccc(Cl)cc12. The molecule has 0 aliphatic rings. The van der Waals surface area contributed by atoms with Crippen molar-refractivity contribution in [2.75, 3.05) is 0 Å². The van der Waals surface area contributed by atoms with Crippen LogP contribution in [0.1, 0.15) is 0 Å². The molecule has 0 saturated carbocycles. The van der Waals surface area contributed by atoms with Crippen molar-refractivity contribution in [2.45, 2.75) is 4.90 Å². The molecule has 84 valence electrons. The van der Waals surface area contributed by atoms with E-state index in [0.717, 1.165) is 21.4 Å². The van der Waals surface area contributed by atoms with Crippen LogP contribution >= 0.6 is 24.2 Å². The van der Waals surface area contributed by atoms with E-state index < -0.39 is 0 Å². The minimum atomic E-state index is 0.665. The Balaban J connectivity index is 2.31. The summed E-state index contributed by atoms with van der Waals surface area (Å²) in [6.45, 7) is 0. The van der Waals surface area contributed by atoms with Crippen molar-refractivity contribution in [3.63, 3.8) is 0 Å². The van der Waals surface area contributed by atoms with Gasteiger partial charge in [-0.3, -0.25) is 0 Å². The van der Waals surface area contributed by atoms with E-state index in [9.17, 15) is 0 Å². The first-order valence-corrected chi connectivity index (χ1v) is 5.91. The number of hydrogen-bond donors (Lipinski definition) is 1. The van der Waals surface area contributed by atoms with Crippen LogP contribution in [0.2, 0.25) is 5.02 Å². The van der Waals surface area contributed by atoms with Crippen LogP contribution in [-0.4, -0.2) is 5.16 Å². The van der Waals surface area contributed by atoms with Gasteiger partial charge >= 0.3 is 0 Å². The molecule has 0 fully saturated rings. The fourth-order valence-corrected chi connectivity index (χ4v) is 2.21. The van der Waals surface area contributed by atoms with E-state index in [4.69, 9.17) is 16.1 Å². The summed E-state index contributed by atoms with van der Waals surface area (Å²) >= 11 is 10.4. The topological polar surface area (TPSA) is 26.0 Å². The second-order valence-corrected chi connectivity index (χ2v) is 4.61. The van der Waals surface area contributed by atoms with Crippen molar-refractivity contribution in [3.8, 4) is 11.3 Å². The number of thiol groups is 1. The average Bonchev–Trinajstić information content (AvgIpc) is 2.72. The van der Waals surface area contributed by atoms with Crippen LogP contribution in [0.4, 0.5) is 0 Å². The normalized spacial score (nSPS) is 10.9. The van der Waals surface area contributed by atoms with Gasteiger partial charge in [-0.2, -0.15) is 0 Å². The number of fused-ring (bicyclic) bond motifs is 1. The Morgan fingerprint density at radius 3 is 2.76 bits per heavy atom. The molecule has 1 aromatic heterocycles. The number of benzene rings is 2. The maximum absolute atomic E-state index is 5.99. The summed E-state index contributed by atoms with van der Waals surface area (Å²) in [5.41, 5.74) is 1.71. The molecule has 1 heterocycles. The van der Waals surface area contributed by atoms with E-state index in [2.05, 4.69) is 17.8 Å². The summed E-state index contributed by atoms with van der Waals surface area (Å²) in [5, 5.41) is 5.58. The Hall–Kier alpha value is -1.45. The molecule has 0 bridgehead atoms. The number of rotatable bonds is 1. The Labute approximate surface area is 109 Å². The molecule has 3 rings (SSSR count). The third-order valence-corrected chi connectivity index (χ3v) is 3.21. The van der Waals surface area contributed by atoms with Crippen molar-refractivity contribution in [2.24, 2.45) is 0 Å². The average molecular weight is 262 g/mol. The number of nitrogens with zero attached hydrogens (tertiary/aromatic N) is 1. The molecule has 3 aromatic rings. The van der Waals surface area contributed by atoms with E-state index >= 15 is 0 Å². The van der Waals surface area contributed by atoms with E-state index in [-0.39, 0.29) is 0 Å². The van der Waals surface area contributed by atoms with Crippen LogP contribution in [-0.2, 0) is 0 Å². The highest BCUT2D eigenvalue weighted by molar-refractivity contribution is 7.80. The second kappa shape index (κ2) is 4.09. The van der Waals surface area contributed by atoms with Gasteiger partial charge in [0.15, 0.2) is 5.76 Å². The first kappa shape index (κ1) is 10.7. The van der Waals surface area contributed by atoms with Gasteiger partial charge in [-0.05, 0) is 30.3 Å². The first-order valence-electron chi connectivity index (χ1n) is 5.09. The van der Waals surface area contributed by atoms with Crippen molar-refractivity contribution in [1.82, 2.24) is 5.16 Å². The minimum Gasteiger partial charge on any atom is -0.355 e. The van der Waals surface area contributed by atoms with Gasteiger partial charge in [-0.15, -0.1) is 12.6 Å². The third kappa shape index (κ3) is 1.81. The van der Waals surface area contributed by atoms with Gasteiger partial charge in [-0.1, -0.05) is 28.9 Å². The Morgan fingerprint density at radius 2 is 1.94 bits per heavy atom. The summed E-state index contributed by atoms with van der Waals surface area (Å²) in [6, 6.07) is 13.2. The lowest BCUT2D eigenvalue weighted by atomic mass is 10.1. The molecule has 0 unspecified atom stereocenters. The summed E-state index contributed by atoms with van der Waals surface area (Å²) in [6.07, 6.45) is 0. The molecular weight excluding hydrogens is 254 g/mol. The summed E-state index contributed by atoms with van der Waals surface area (Å²) in [5.74, 6) is 0.702. The van der Waals surface area contributed by atoms with Gasteiger partial charge in [0.2, 0.25) is 0 Å². The van der Waals surface area contributed by atoms with E-state index in [1.54, 1.807) is 6.07 Å². The number of aromatic nitrogens is 1. The molecule has 0 saturated heterocycles. The van der Waals surface area contributed by atoms with Gasteiger partial charge in [-0.25, -0.2) is 0 Å². The molecule has 2 aromatic carbocycles. The molecule has 0 N–H and O–H groups in total. The third-order valence-electron chi connectivity index (χ3n) is 2.59. The highest BCUT2D eigenvalue weighted by atomic mass is 35.5. The van der Waals surface area contributed by atoms with Crippen LogP contribution < -0.4 is 0 Å². The second-order valence-electron chi connectivity index (χ2n) is 3.69. The Morgan fingerprint density at radius 1 is 1.12 bits per heavy atom. The Kier molecular flexibility index (Phi) is 2.57. The largest absolute Gasteiger partial charge is 0.355 e. The minimum absolute atomic E-state index is 0.665. The fourth-order valence-electron chi connectivity index (χ4n) is 1.77. The van der Waals surface area contributed by atoms with E-state index in [0.29, 0.717) is 10.8 Å². The zero-order chi connectivity index (χ0) is 11.8. The number of halogens is 1. The summed E-state index contributed by atoms with van der Waals surface area (Å²) in [7, 11) is 0. The van der Waals surface area contributed by atoms with Crippen molar-refractivity contribution in [3.05, 3.63) is 47.5 Å². The number of hydrogen-bond acceptors (Lipinski definition) is 3. The molecule has 0 aliphatic carbocycles. The molecular formula is C13H8ClNOS. The first-order chi connectivity index (χ1) is 8.25. The summed E-state index contributed by atoms with van der Waals surface area (Å²) < 4.78 is 5.38. The molecule has 0 spiro atoms. The quantitative estimate of drug-likeness (QED) is 0.656. The molecule has 0 radical (unpaired) electrons. The smallest absolute Gasteiger partial charge is 0.175 e. The predicted octanol–water partition coefficient (Wildman–Crippen LogP) is 4.44. The maximum Gasteiger partial charge on any atom is 0.175 e.